The largest absolute Gasteiger partial charge is 0.473 e. The van der Waals surface area contributed by atoms with E-state index >= 15 is 0 Å². The third kappa shape index (κ3) is 15.4. The van der Waals surface area contributed by atoms with Gasteiger partial charge < -0.3 is 69.7 Å². The molecule has 6 amide bonds. The number of alkyl halides is 2. The van der Waals surface area contributed by atoms with E-state index in [2.05, 4.69) is 80.5 Å². The van der Waals surface area contributed by atoms with E-state index in [9.17, 15) is 42.7 Å². The molecule has 7 N–H and O–H groups in total. The summed E-state index contributed by atoms with van der Waals surface area (Å²) in [4.78, 5) is 113. The van der Waals surface area contributed by atoms with Crippen LogP contribution in [-0.2, 0) is 19.1 Å². The van der Waals surface area contributed by atoms with Crippen molar-refractivity contribution in [1.82, 2.24) is 75.5 Å². The number of hydrogen-bond donors (Lipinski definition) is 7. The number of nitrogens with zero attached hydrogens (tertiary/aromatic N) is 9. The Bertz CT molecular complexity index is 3460. The summed E-state index contributed by atoms with van der Waals surface area (Å²) in [7, 11) is 1.57. The van der Waals surface area contributed by atoms with Gasteiger partial charge in [0.05, 0.1) is 53.5 Å². The molecule has 0 bridgehead atoms. The number of carbonyl (C=O) groups excluding carboxylic acids is 6. The Kier molecular flexibility index (Phi) is 20.2. The number of aromatic nitrogens is 9. The van der Waals surface area contributed by atoms with Crippen LogP contribution in [0.15, 0.2) is 75.1 Å². The van der Waals surface area contributed by atoms with Crippen molar-refractivity contribution >= 4 is 68.9 Å². The lowest BCUT2D eigenvalue weighted by molar-refractivity contribution is -0.128. The molecule has 3 saturated heterocycles. The highest BCUT2D eigenvalue weighted by atomic mass is 19.3. The van der Waals surface area contributed by atoms with Gasteiger partial charge in [-0.05, 0) is 43.9 Å². The molecule has 5 aliphatic rings. The lowest BCUT2D eigenvalue weighted by Crippen LogP contribution is -2.56. The van der Waals surface area contributed by atoms with Crippen molar-refractivity contribution in [2.45, 2.75) is 126 Å². The van der Waals surface area contributed by atoms with Crippen LogP contribution in [0.4, 0.5) is 8.78 Å². The van der Waals surface area contributed by atoms with Crippen molar-refractivity contribution in [3.8, 4) is 17.6 Å². The summed E-state index contributed by atoms with van der Waals surface area (Å²) in [6.07, 6.45) is 19.3. The van der Waals surface area contributed by atoms with Gasteiger partial charge >= 0.3 is 0 Å². The van der Waals surface area contributed by atoms with E-state index in [0.29, 0.717) is 167 Å². The average molecular weight is 1210 g/mol. The van der Waals surface area contributed by atoms with Gasteiger partial charge in [0.2, 0.25) is 35.4 Å². The fraction of sp³-hybridized carbons (Fsp3) is 0.492. The maximum atomic E-state index is 13.0. The smallest absolute Gasteiger partial charge is 0.255 e. The Morgan fingerprint density at radius 1 is 0.644 bits per heavy atom. The van der Waals surface area contributed by atoms with Crippen molar-refractivity contribution in [3.05, 3.63) is 91.8 Å². The molecular formula is C59H73F2N15O11. The summed E-state index contributed by atoms with van der Waals surface area (Å²) in [5.74, 6) is -2.97. The highest BCUT2D eigenvalue weighted by Gasteiger charge is 2.46. The molecular weight excluding hydrogens is 1130 g/mol. The third-order valence-electron chi connectivity index (χ3n) is 16.1. The number of amides is 6. The molecule has 1 unspecified atom stereocenters. The number of carbonyl (C=O) groups is 6. The molecule has 26 nitrogen and oxygen atoms in total. The summed E-state index contributed by atoms with van der Waals surface area (Å²) >= 11 is 0. The normalized spacial score (nSPS) is 18.1. The minimum absolute atomic E-state index is 0.0523. The van der Waals surface area contributed by atoms with E-state index < -0.39 is 23.5 Å². The van der Waals surface area contributed by atoms with Gasteiger partial charge in [0, 0.05) is 129 Å². The zero-order valence-corrected chi connectivity index (χ0v) is 48.7. The Balaban J connectivity index is 0.000000156. The van der Waals surface area contributed by atoms with Crippen LogP contribution in [0.5, 0.6) is 17.6 Å². The maximum absolute atomic E-state index is 13.0. The van der Waals surface area contributed by atoms with E-state index in [0.717, 1.165) is 6.42 Å². The number of piperidine rings is 3. The van der Waals surface area contributed by atoms with Gasteiger partial charge in [-0.25, -0.2) is 38.7 Å². The number of aliphatic hydroxyl groups is 1. The monoisotopic (exact) mass is 1210 g/mol. The lowest BCUT2D eigenvalue weighted by Gasteiger charge is -2.43. The standard InChI is InChI=1S/C22H29N5O4.C19H21F2N5O3.C18H23N5O4/c1-3-16(22(30)8-5-9-22)25-21(29)15-12-23-20-19(15)26-17(13-24-20)31-14-6-10-27(11-7-14)18(28)4-2;1-2-15(27)26-5-3-12(4-6-26)29-14-10-23-17-16(25-14)13(9-22-17)18(28)24-11-7-19(20,21)8-11;1-3-15(24)23-7-4-12(5-8-23)27-14-11-21-17-16(22-14)13(10-20-17)18(25)19-6-9-26-2/h4,12-14,16,30H,2-3,5-11H2,1H3,(H,23,24)(H,25,29);2,9-12H,1,3-8H2,(H,22,23)(H,24,28);3,10-12H,1,4-9H2,2H3,(H,19,25)(H,20,21). The first-order valence-corrected chi connectivity index (χ1v) is 29.2. The van der Waals surface area contributed by atoms with Crippen LogP contribution in [0.3, 0.4) is 0 Å². The van der Waals surface area contributed by atoms with Crippen molar-refractivity contribution in [3.63, 3.8) is 0 Å². The molecule has 464 valence electrons. The first-order chi connectivity index (χ1) is 41.9. The van der Waals surface area contributed by atoms with Crippen molar-refractivity contribution in [2.75, 3.05) is 59.5 Å². The predicted octanol–water partition coefficient (Wildman–Crippen LogP) is 4.87. The van der Waals surface area contributed by atoms with E-state index in [1.165, 1.54) is 43.0 Å². The van der Waals surface area contributed by atoms with E-state index in [4.69, 9.17) is 18.9 Å². The van der Waals surface area contributed by atoms with Crippen LogP contribution in [-0.4, -0.2) is 202 Å². The van der Waals surface area contributed by atoms with E-state index in [1.807, 2.05) is 6.92 Å². The van der Waals surface area contributed by atoms with Gasteiger partial charge in [0.15, 0.2) is 16.9 Å². The molecule has 6 aromatic heterocycles. The highest BCUT2D eigenvalue weighted by Crippen LogP contribution is 2.38. The van der Waals surface area contributed by atoms with Gasteiger partial charge in [0.25, 0.3) is 23.6 Å². The number of nitrogens with one attached hydrogen (secondary N) is 6. The molecule has 9 heterocycles. The molecule has 0 aromatic carbocycles. The third-order valence-corrected chi connectivity index (χ3v) is 16.1. The Morgan fingerprint density at radius 3 is 1.36 bits per heavy atom. The van der Waals surface area contributed by atoms with Crippen LogP contribution < -0.4 is 30.2 Å². The molecule has 0 spiro atoms. The SMILES string of the molecule is C=CC(=O)N1CCC(Oc2cnc3[nH]cc(C(=O)NC(CC)C4(O)CCC4)c3n2)CC1.C=CC(=O)N1CCC(Oc2cnc3[nH]cc(C(=O)NC4CC(F)(F)C4)c3n2)CC1.C=CC(=O)N1CCC(Oc2cnc3[nH]cc(C(=O)NCCOC)c3n2)CC1. The molecule has 3 aliphatic heterocycles. The summed E-state index contributed by atoms with van der Waals surface area (Å²) < 4.78 is 48.7. The second kappa shape index (κ2) is 28.1. The second-order valence-corrected chi connectivity index (χ2v) is 21.9. The highest BCUT2D eigenvalue weighted by molar-refractivity contribution is 6.06. The van der Waals surface area contributed by atoms with Gasteiger partial charge in [-0.2, -0.15) is 0 Å². The molecule has 2 saturated carbocycles. The number of ether oxygens (including phenoxy) is 4. The summed E-state index contributed by atoms with van der Waals surface area (Å²) in [6, 6.07) is -0.840. The van der Waals surface area contributed by atoms with Crippen LogP contribution in [0, 0.1) is 0 Å². The fourth-order valence-electron chi connectivity index (χ4n) is 10.9. The number of fused-ring (bicyclic) bond motifs is 3. The molecule has 87 heavy (non-hydrogen) atoms. The van der Waals surface area contributed by atoms with Crippen LogP contribution in [0.25, 0.3) is 33.5 Å². The topological polar surface area (TPSA) is 330 Å². The number of H-pyrrole nitrogens is 3. The van der Waals surface area contributed by atoms with Crippen molar-refractivity contribution in [2.24, 2.45) is 0 Å². The van der Waals surface area contributed by atoms with E-state index in [-0.39, 0.29) is 78.2 Å². The second-order valence-electron chi connectivity index (χ2n) is 21.9. The average Bonchev–Trinajstić information content (AvgIpc) is 4.48. The molecule has 11 rings (SSSR count). The minimum Gasteiger partial charge on any atom is -0.473 e. The van der Waals surface area contributed by atoms with Gasteiger partial charge in [0.1, 0.15) is 34.9 Å². The number of rotatable bonds is 19. The quantitative estimate of drug-likeness (QED) is 0.0420. The van der Waals surface area contributed by atoms with Crippen LogP contribution in [0.1, 0.15) is 115 Å². The number of hydrogen-bond acceptors (Lipinski definition) is 17. The molecule has 0 radical (unpaired) electrons. The first kappa shape index (κ1) is 62.6. The Labute approximate surface area is 499 Å². The summed E-state index contributed by atoms with van der Waals surface area (Å²) in [6.45, 7) is 16.9. The number of methoxy groups -OCH3 is 1. The van der Waals surface area contributed by atoms with Crippen molar-refractivity contribution in [1.29, 1.82) is 0 Å². The Hall–Kier alpha value is -8.92. The number of likely N-dealkylation sites (tertiary alicyclic amines) is 3. The van der Waals surface area contributed by atoms with E-state index in [1.54, 1.807) is 34.2 Å². The van der Waals surface area contributed by atoms with Crippen LogP contribution >= 0.6 is 0 Å². The van der Waals surface area contributed by atoms with Gasteiger partial charge in [-0.3, -0.25) is 28.8 Å². The zero-order chi connectivity index (χ0) is 61.8. The lowest BCUT2D eigenvalue weighted by atomic mass is 9.74. The fourth-order valence-corrected chi connectivity index (χ4v) is 10.9. The van der Waals surface area contributed by atoms with Crippen molar-refractivity contribution < 1.29 is 61.6 Å². The van der Waals surface area contributed by atoms with Gasteiger partial charge in [-0.1, -0.05) is 26.7 Å². The molecule has 6 aromatic rings. The molecule has 1 atom stereocenters. The first-order valence-electron chi connectivity index (χ1n) is 29.2. The predicted molar refractivity (Wildman–Crippen MR) is 313 cm³/mol. The zero-order valence-electron chi connectivity index (χ0n) is 48.7. The van der Waals surface area contributed by atoms with Gasteiger partial charge in [-0.15, -0.1) is 0 Å². The molecule has 2 aliphatic carbocycles. The van der Waals surface area contributed by atoms with Crippen LogP contribution in [0.2, 0.25) is 0 Å². The minimum atomic E-state index is -2.70. The molecule has 28 heteroatoms. The maximum Gasteiger partial charge on any atom is 0.255 e. The number of aromatic amines is 3. The summed E-state index contributed by atoms with van der Waals surface area (Å²) in [5, 5.41) is 18.9. The summed E-state index contributed by atoms with van der Waals surface area (Å²) in [5.41, 5.74) is 2.85. The molecule has 5 fully saturated rings. The Morgan fingerprint density at radius 2 is 1.02 bits per heavy atom. The number of halogens is 2.